The van der Waals surface area contributed by atoms with Crippen LogP contribution in [0, 0.1) is 11.7 Å². The van der Waals surface area contributed by atoms with Crippen LogP contribution < -0.4 is 5.32 Å². The summed E-state index contributed by atoms with van der Waals surface area (Å²) in [7, 11) is 1.24. The number of hydrogen-bond acceptors (Lipinski definition) is 6. The number of amides is 1. The second-order valence-electron chi connectivity index (χ2n) is 5.33. The summed E-state index contributed by atoms with van der Waals surface area (Å²) in [5.74, 6) is -2.47. The number of benzene rings is 1. The molecule has 0 saturated heterocycles. The van der Waals surface area contributed by atoms with Gasteiger partial charge in [-0.05, 0) is 18.1 Å². The van der Waals surface area contributed by atoms with Crippen LogP contribution >= 0.6 is 11.8 Å². The normalized spacial score (nSPS) is 12.8. The van der Waals surface area contributed by atoms with Gasteiger partial charge in [0.05, 0.1) is 12.9 Å². The minimum atomic E-state index is -0.797. The van der Waals surface area contributed by atoms with Crippen LogP contribution in [0.15, 0.2) is 29.2 Å². The van der Waals surface area contributed by atoms with Crippen molar-refractivity contribution in [3.63, 3.8) is 0 Å². The average molecular weight is 371 g/mol. The predicted molar refractivity (Wildman–Crippen MR) is 91.5 cm³/mol. The summed E-state index contributed by atoms with van der Waals surface area (Å²) in [6, 6.07) is 5.26. The third-order valence-electron chi connectivity index (χ3n) is 3.53. The molecule has 25 heavy (non-hydrogen) atoms. The van der Waals surface area contributed by atoms with Gasteiger partial charge in [-0.2, -0.15) is 0 Å². The number of ether oxygens (including phenoxy) is 2. The molecule has 1 aromatic rings. The van der Waals surface area contributed by atoms with Crippen LogP contribution in [0.1, 0.15) is 20.3 Å². The maximum absolute atomic E-state index is 13.4. The number of nitrogens with one attached hydrogen (secondary N) is 1. The SMILES string of the molecule is CC[C@H](C)[C@H](NC(=O)COC(=O)CSc1ccccc1F)C(=O)OC. The zero-order valence-corrected chi connectivity index (χ0v) is 15.2. The smallest absolute Gasteiger partial charge is 0.328 e. The molecule has 1 N–H and O–H groups in total. The number of halogens is 1. The van der Waals surface area contributed by atoms with Gasteiger partial charge in [0.1, 0.15) is 11.9 Å². The molecule has 1 amide bonds. The number of rotatable bonds is 9. The molecular weight excluding hydrogens is 349 g/mol. The highest BCUT2D eigenvalue weighted by molar-refractivity contribution is 8.00. The standard InChI is InChI=1S/C17H22FNO5S/c1-4-11(2)16(17(22)23-3)19-14(20)9-24-15(21)10-25-13-8-6-5-7-12(13)18/h5-8,11,16H,4,9-10H2,1-3H3,(H,19,20)/t11-,16-/m0/s1. The highest BCUT2D eigenvalue weighted by atomic mass is 32.2. The first-order valence-corrected chi connectivity index (χ1v) is 8.77. The zero-order valence-electron chi connectivity index (χ0n) is 14.4. The molecule has 6 nitrogen and oxygen atoms in total. The van der Waals surface area contributed by atoms with Gasteiger partial charge >= 0.3 is 11.9 Å². The van der Waals surface area contributed by atoms with Crippen molar-refractivity contribution < 1.29 is 28.2 Å². The summed E-state index contributed by atoms with van der Waals surface area (Å²) in [6.45, 7) is 3.17. The lowest BCUT2D eigenvalue weighted by Gasteiger charge is -2.21. The van der Waals surface area contributed by atoms with Crippen LogP contribution in [0.5, 0.6) is 0 Å². The fourth-order valence-corrected chi connectivity index (χ4v) is 2.63. The van der Waals surface area contributed by atoms with Gasteiger partial charge in [-0.15, -0.1) is 11.8 Å². The van der Waals surface area contributed by atoms with E-state index in [9.17, 15) is 18.8 Å². The van der Waals surface area contributed by atoms with Gasteiger partial charge in [-0.25, -0.2) is 9.18 Å². The minimum absolute atomic E-state index is 0.122. The Morgan fingerprint density at radius 1 is 1.28 bits per heavy atom. The third kappa shape index (κ3) is 7.13. The van der Waals surface area contributed by atoms with Gasteiger partial charge in [-0.3, -0.25) is 9.59 Å². The molecule has 0 spiro atoms. The van der Waals surface area contributed by atoms with Crippen LogP contribution in [-0.4, -0.2) is 43.4 Å². The Hall–Kier alpha value is -2.09. The Labute approximate surface area is 150 Å². The van der Waals surface area contributed by atoms with Crippen LogP contribution in [0.4, 0.5) is 4.39 Å². The lowest BCUT2D eigenvalue weighted by molar-refractivity contribution is -0.149. The maximum Gasteiger partial charge on any atom is 0.328 e. The second-order valence-corrected chi connectivity index (χ2v) is 6.35. The first kappa shape index (κ1) is 21.0. The number of carbonyl (C=O) groups is 3. The number of carbonyl (C=O) groups excluding carboxylic acids is 3. The molecule has 0 aliphatic rings. The van der Waals surface area contributed by atoms with Gasteiger partial charge in [0, 0.05) is 4.90 Å². The maximum atomic E-state index is 13.4. The van der Waals surface area contributed by atoms with E-state index in [-0.39, 0.29) is 11.7 Å². The Morgan fingerprint density at radius 2 is 1.96 bits per heavy atom. The fourth-order valence-electron chi connectivity index (χ4n) is 1.90. The number of methoxy groups -OCH3 is 1. The molecule has 0 fully saturated rings. The van der Waals surface area contributed by atoms with Crippen molar-refractivity contribution in [3.05, 3.63) is 30.1 Å². The molecule has 0 aliphatic heterocycles. The third-order valence-corrected chi connectivity index (χ3v) is 4.55. The minimum Gasteiger partial charge on any atom is -0.467 e. The Bertz CT molecular complexity index is 610. The van der Waals surface area contributed by atoms with Crippen LogP contribution in [0.25, 0.3) is 0 Å². The van der Waals surface area contributed by atoms with Gasteiger partial charge < -0.3 is 14.8 Å². The highest BCUT2D eigenvalue weighted by Crippen LogP contribution is 2.21. The summed E-state index contributed by atoms with van der Waals surface area (Å²) in [5.41, 5.74) is 0. The Balaban J connectivity index is 2.42. The van der Waals surface area contributed by atoms with Crippen LogP contribution in [0.3, 0.4) is 0 Å². The van der Waals surface area contributed by atoms with E-state index in [0.717, 1.165) is 11.8 Å². The molecule has 0 aromatic heterocycles. The summed E-state index contributed by atoms with van der Waals surface area (Å²) < 4.78 is 22.9. The molecule has 0 unspecified atom stereocenters. The van der Waals surface area contributed by atoms with E-state index >= 15 is 0 Å². The molecule has 1 aromatic carbocycles. The highest BCUT2D eigenvalue weighted by Gasteiger charge is 2.26. The predicted octanol–water partition coefficient (Wildman–Crippen LogP) is 2.16. The number of hydrogen-bond donors (Lipinski definition) is 1. The first-order chi connectivity index (χ1) is 11.9. The van der Waals surface area contributed by atoms with Crippen molar-refractivity contribution in [2.24, 2.45) is 5.92 Å². The molecule has 0 heterocycles. The van der Waals surface area contributed by atoms with Gasteiger partial charge in [0.15, 0.2) is 6.61 Å². The molecule has 0 aliphatic carbocycles. The molecule has 1 rings (SSSR count). The van der Waals surface area contributed by atoms with E-state index in [0.29, 0.717) is 11.3 Å². The van der Waals surface area contributed by atoms with Crippen molar-refractivity contribution >= 4 is 29.6 Å². The van der Waals surface area contributed by atoms with Crippen molar-refractivity contribution in [1.82, 2.24) is 5.32 Å². The molecule has 0 bridgehead atoms. The van der Waals surface area contributed by atoms with Crippen molar-refractivity contribution in [2.45, 2.75) is 31.2 Å². The van der Waals surface area contributed by atoms with Crippen molar-refractivity contribution in [1.29, 1.82) is 0 Å². The van der Waals surface area contributed by atoms with E-state index in [2.05, 4.69) is 10.1 Å². The van der Waals surface area contributed by atoms with Gasteiger partial charge in [0.25, 0.3) is 5.91 Å². The summed E-state index contributed by atoms with van der Waals surface area (Å²) >= 11 is 0.982. The van der Waals surface area contributed by atoms with Crippen LogP contribution in [0.2, 0.25) is 0 Å². The molecule has 0 saturated carbocycles. The number of thioether (sulfide) groups is 1. The van der Waals surface area contributed by atoms with Crippen LogP contribution in [-0.2, 0) is 23.9 Å². The van der Waals surface area contributed by atoms with Crippen molar-refractivity contribution in [3.8, 4) is 0 Å². The lowest BCUT2D eigenvalue weighted by Crippen LogP contribution is -2.47. The van der Waals surface area contributed by atoms with E-state index in [4.69, 9.17) is 4.74 Å². The van der Waals surface area contributed by atoms with E-state index in [1.54, 1.807) is 25.1 Å². The van der Waals surface area contributed by atoms with E-state index in [1.807, 2.05) is 6.92 Å². The Kier molecular flexibility index (Phi) is 8.98. The molecule has 2 atom stereocenters. The quantitative estimate of drug-likeness (QED) is 0.529. The fraction of sp³-hybridized carbons (Fsp3) is 0.471. The zero-order chi connectivity index (χ0) is 18.8. The van der Waals surface area contributed by atoms with Gasteiger partial charge in [0.2, 0.25) is 0 Å². The molecule has 138 valence electrons. The average Bonchev–Trinajstić information content (AvgIpc) is 2.62. The lowest BCUT2D eigenvalue weighted by atomic mass is 9.99. The monoisotopic (exact) mass is 371 g/mol. The second kappa shape index (κ2) is 10.7. The summed E-state index contributed by atoms with van der Waals surface area (Å²) in [5, 5.41) is 2.50. The molecule has 0 radical (unpaired) electrons. The van der Waals surface area contributed by atoms with E-state index in [1.165, 1.54) is 13.2 Å². The first-order valence-electron chi connectivity index (χ1n) is 7.79. The molecular formula is C17H22FNO5S. The summed E-state index contributed by atoms with van der Waals surface area (Å²) in [6.07, 6.45) is 0.666. The van der Waals surface area contributed by atoms with Gasteiger partial charge in [-0.1, -0.05) is 32.4 Å². The number of esters is 2. The molecule has 8 heteroatoms. The summed E-state index contributed by atoms with van der Waals surface area (Å²) in [4.78, 5) is 35.5. The van der Waals surface area contributed by atoms with E-state index < -0.39 is 36.3 Å². The topological polar surface area (TPSA) is 81.7 Å². The largest absolute Gasteiger partial charge is 0.467 e. The van der Waals surface area contributed by atoms with Crippen molar-refractivity contribution in [2.75, 3.05) is 19.5 Å². The Morgan fingerprint density at radius 3 is 2.56 bits per heavy atom.